The fourth-order valence-corrected chi connectivity index (χ4v) is 13.2. The van der Waals surface area contributed by atoms with Gasteiger partial charge in [-0.2, -0.15) is 0 Å². The third-order valence-electron chi connectivity index (χ3n) is 14.6. The van der Waals surface area contributed by atoms with Gasteiger partial charge in [-0.1, -0.05) is 194 Å². The standard InChI is InChI=1S/C62H39NS/c1-2-16-40(17-3-1)61(53-24-10-4-18-45(53)46-19-5-11-25-54(46)61)41-30-32-42(33-31-41)63(44-34-36-51-50-23-9-15-29-59(50)64-60(51)39-44)43-35-37-58-52(38-43)49-22-8-14-28-57(49)62(58)55-26-12-6-20-47(55)48-21-7-13-27-56(48)62/h1-39H. The predicted molar refractivity (Wildman–Crippen MR) is 268 cm³/mol. The van der Waals surface area contributed by atoms with Gasteiger partial charge in [-0.05, 0) is 120 Å². The molecule has 0 N–H and O–H groups in total. The molecule has 11 aromatic rings. The molecule has 1 heterocycles. The number of thiophene rings is 1. The zero-order valence-electron chi connectivity index (χ0n) is 34.9. The fourth-order valence-electron chi connectivity index (χ4n) is 12.1. The molecule has 0 atom stereocenters. The summed E-state index contributed by atoms with van der Waals surface area (Å²) in [5.41, 5.74) is 20.9. The van der Waals surface area contributed by atoms with Crippen LogP contribution in [0.1, 0.15) is 44.5 Å². The van der Waals surface area contributed by atoms with Crippen LogP contribution in [0.3, 0.4) is 0 Å². The Balaban J connectivity index is 0.991. The second-order valence-corrected chi connectivity index (χ2v) is 18.6. The second kappa shape index (κ2) is 13.4. The third-order valence-corrected chi connectivity index (χ3v) is 15.7. The molecular formula is C62H39NS. The topological polar surface area (TPSA) is 3.24 Å². The van der Waals surface area contributed by atoms with E-state index in [-0.39, 0.29) is 5.41 Å². The molecule has 0 amide bonds. The van der Waals surface area contributed by atoms with Crippen molar-refractivity contribution in [2.45, 2.75) is 10.8 Å². The minimum atomic E-state index is -0.465. The van der Waals surface area contributed by atoms with Crippen LogP contribution in [0, 0.1) is 0 Å². The molecule has 10 aromatic carbocycles. The largest absolute Gasteiger partial charge is 0.310 e. The van der Waals surface area contributed by atoms with E-state index in [1.807, 2.05) is 11.3 Å². The summed E-state index contributed by atoms with van der Waals surface area (Å²) in [4.78, 5) is 2.48. The van der Waals surface area contributed by atoms with Crippen molar-refractivity contribution in [3.8, 4) is 33.4 Å². The predicted octanol–water partition coefficient (Wildman–Crippen LogP) is 16.2. The second-order valence-electron chi connectivity index (χ2n) is 17.5. The fraction of sp³-hybridized carbons (Fsp3) is 0.0323. The molecule has 0 radical (unpaired) electrons. The molecule has 0 saturated heterocycles. The molecule has 0 saturated carbocycles. The first-order valence-corrected chi connectivity index (χ1v) is 23.1. The van der Waals surface area contributed by atoms with Gasteiger partial charge in [0.2, 0.25) is 0 Å². The Morgan fingerprint density at radius 3 is 1.27 bits per heavy atom. The maximum absolute atomic E-state index is 2.48. The molecule has 298 valence electrons. The van der Waals surface area contributed by atoms with Crippen molar-refractivity contribution in [1.29, 1.82) is 0 Å². The zero-order chi connectivity index (χ0) is 42.0. The van der Waals surface area contributed by atoms with Crippen LogP contribution in [-0.2, 0) is 10.8 Å². The third kappa shape index (κ3) is 4.63. The van der Waals surface area contributed by atoms with Gasteiger partial charge in [0.15, 0.2) is 0 Å². The average Bonchev–Trinajstić information content (AvgIpc) is 4.07. The minimum Gasteiger partial charge on any atom is -0.310 e. The molecule has 0 unspecified atom stereocenters. The summed E-state index contributed by atoms with van der Waals surface area (Å²) in [5.74, 6) is 0. The van der Waals surface area contributed by atoms with Gasteiger partial charge < -0.3 is 4.90 Å². The number of hydrogen-bond donors (Lipinski definition) is 0. The first kappa shape index (κ1) is 35.8. The Hall–Kier alpha value is -7.78. The lowest BCUT2D eigenvalue weighted by Crippen LogP contribution is -2.28. The van der Waals surface area contributed by atoms with E-state index >= 15 is 0 Å². The Bertz CT molecular complexity index is 3600. The van der Waals surface area contributed by atoms with Crippen LogP contribution in [0.15, 0.2) is 237 Å². The van der Waals surface area contributed by atoms with Crippen molar-refractivity contribution in [3.63, 3.8) is 0 Å². The summed E-state index contributed by atoms with van der Waals surface area (Å²) in [6, 6.07) is 88.8. The molecule has 0 aliphatic heterocycles. The number of hydrogen-bond acceptors (Lipinski definition) is 2. The van der Waals surface area contributed by atoms with Crippen LogP contribution in [0.4, 0.5) is 17.1 Å². The van der Waals surface area contributed by atoms with E-state index in [1.165, 1.54) is 98.1 Å². The van der Waals surface area contributed by atoms with E-state index in [1.54, 1.807) is 0 Å². The van der Waals surface area contributed by atoms with Crippen LogP contribution < -0.4 is 4.90 Å². The molecular weight excluding hydrogens is 791 g/mol. The van der Waals surface area contributed by atoms with E-state index in [2.05, 4.69) is 241 Å². The molecule has 64 heavy (non-hydrogen) atoms. The van der Waals surface area contributed by atoms with Crippen molar-refractivity contribution in [2.75, 3.05) is 4.90 Å². The van der Waals surface area contributed by atoms with E-state index < -0.39 is 5.41 Å². The summed E-state index contributed by atoms with van der Waals surface area (Å²) < 4.78 is 2.59. The summed E-state index contributed by atoms with van der Waals surface area (Å²) in [6.45, 7) is 0. The molecule has 2 heteroatoms. The van der Waals surface area contributed by atoms with Gasteiger partial charge >= 0.3 is 0 Å². The minimum absolute atomic E-state index is 0.389. The van der Waals surface area contributed by atoms with E-state index in [0.717, 1.165) is 17.1 Å². The highest BCUT2D eigenvalue weighted by Gasteiger charge is 2.52. The maximum Gasteiger partial charge on any atom is 0.0725 e. The SMILES string of the molecule is c1ccc(C2(c3ccc(N(c4ccc5c(c4)-c4ccccc4C54c5ccccc5-c5ccccc54)c4ccc5c(c4)sc4ccccc45)cc3)c3ccccc3-c3ccccc32)cc1. The van der Waals surface area contributed by atoms with E-state index in [0.29, 0.717) is 0 Å². The zero-order valence-corrected chi connectivity index (χ0v) is 35.7. The van der Waals surface area contributed by atoms with Crippen molar-refractivity contribution < 1.29 is 0 Å². The monoisotopic (exact) mass is 829 g/mol. The van der Waals surface area contributed by atoms with Crippen LogP contribution in [0.5, 0.6) is 0 Å². The molecule has 3 aliphatic carbocycles. The number of nitrogens with zero attached hydrogens (tertiary/aromatic N) is 1. The summed E-state index contributed by atoms with van der Waals surface area (Å²) in [5, 5.41) is 2.61. The van der Waals surface area contributed by atoms with Gasteiger partial charge in [0.1, 0.15) is 0 Å². The first-order chi connectivity index (χ1) is 31.7. The Morgan fingerprint density at radius 1 is 0.266 bits per heavy atom. The number of benzene rings is 10. The lowest BCUT2D eigenvalue weighted by atomic mass is 9.68. The Morgan fingerprint density at radius 2 is 0.672 bits per heavy atom. The van der Waals surface area contributed by atoms with Crippen molar-refractivity contribution >= 4 is 48.6 Å². The van der Waals surface area contributed by atoms with Gasteiger partial charge in [0, 0.05) is 37.2 Å². The van der Waals surface area contributed by atoms with Gasteiger partial charge in [-0.15, -0.1) is 11.3 Å². The molecule has 3 aliphatic rings. The maximum atomic E-state index is 2.48. The Labute approximate surface area is 376 Å². The van der Waals surface area contributed by atoms with Crippen LogP contribution in [-0.4, -0.2) is 0 Å². The van der Waals surface area contributed by atoms with Gasteiger partial charge in [-0.25, -0.2) is 0 Å². The molecule has 1 nitrogen and oxygen atoms in total. The van der Waals surface area contributed by atoms with Gasteiger partial charge in [-0.3, -0.25) is 0 Å². The normalized spacial score (nSPS) is 14.2. The number of fused-ring (bicyclic) bond motifs is 16. The highest BCUT2D eigenvalue weighted by molar-refractivity contribution is 7.25. The quantitative estimate of drug-likeness (QED) is 0.167. The van der Waals surface area contributed by atoms with Crippen molar-refractivity contribution in [3.05, 3.63) is 281 Å². The lowest BCUT2D eigenvalue weighted by molar-refractivity contribution is 0.768. The smallest absolute Gasteiger partial charge is 0.0725 e. The van der Waals surface area contributed by atoms with Crippen LogP contribution in [0.2, 0.25) is 0 Å². The van der Waals surface area contributed by atoms with E-state index in [4.69, 9.17) is 0 Å². The average molecular weight is 830 g/mol. The molecule has 1 aromatic heterocycles. The highest BCUT2D eigenvalue weighted by atomic mass is 32.1. The molecule has 14 rings (SSSR count). The summed E-state index contributed by atoms with van der Waals surface area (Å²) >= 11 is 1.87. The van der Waals surface area contributed by atoms with E-state index in [9.17, 15) is 0 Å². The molecule has 0 bridgehead atoms. The molecule has 1 spiro atoms. The lowest BCUT2D eigenvalue weighted by Gasteiger charge is -2.34. The summed E-state index contributed by atoms with van der Waals surface area (Å²) in [6.07, 6.45) is 0. The number of anilines is 3. The van der Waals surface area contributed by atoms with Crippen LogP contribution in [0.25, 0.3) is 53.6 Å². The summed E-state index contributed by atoms with van der Waals surface area (Å²) in [7, 11) is 0. The number of rotatable bonds is 5. The first-order valence-electron chi connectivity index (χ1n) is 22.3. The Kier molecular flexibility index (Phi) is 7.47. The molecule has 0 fully saturated rings. The van der Waals surface area contributed by atoms with Gasteiger partial charge in [0.25, 0.3) is 0 Å². The highest BCUT2D eigenvalue weighted by Crippen LogP contribution is 2.63. The van der Waals surface area contributed by atoms with Gasteiger partial charge in [0.05, 0.1) is 10.8 Å². The van der Waals surface area contributed by atoms with Crippen LogP contribution >= 0.6 is 11.3 Å². The van der Waals surface area contributed by atoms with Crippen molar-refractivity contribution in [1.82, 2.24) is 0 Å². The van der Waals surface area contributed by atoms with Crippen molar-refractivity contribution in [2.24, 2.45) is 0 Å².